The highest BCUT2D eigenvalue weighted by Gasteiger charge is 2.36. The molecule has 9 rings (SSSR count). The molecule has 322 valence electrons. The molecule has 5 saturated heterocycles. The van der Waals surface area contributed by atoms with E-state index >= 15 is 4.39 Å². The van der Waals surface area contributed by atoms with Crippen molar-refractivity contribution in [1.29, 1.82) is 0 Å². The number of nitrogens with one attached hydrogen (secondary N) is 2. The number of hydrogen-bond acceptors (Lipinski definition) is 13. The van der Waals surface area contributed by atoms with Crippen LogP contribution in [0.2, 0.25) is 0 Å². The number of aryl methyl sites for hydroxylation is 1. The molecule has 61 heavy (non-hydrogen) atoms. The molecule has 5 amide bonds. The van der Waals surface area contributed by atoms with Crippen molar-refractivity contribution in [2.24, 2.45) is 18.7 Å². The number of likely N-dealkylation sites (N-methyl/N-ethyl adjacent to an activating group) is 1. The van der Waals surface area contributed by atoms with E-state index in [-0.39, 0.29) is 41.6 Å². The number of anilines is 5. The Bertz CT molecular complexity index is 2450. The van der Waals surface area contributed by atoms with E-state index in [1.807, 2.05) is 32.9 Å². The van der Waals surface area contributed by atoms with Crippen LogP contribution in [0.25, 0.3) is 11.0 Å². The number of aromatic nitrogens is 5. The van der Waals surface area contributed by atoms with E-state index in [0.29, 0.717) is 74.4 Å². The number of benzene rings is 2. The molecule has 0 saturated carbocycles. The standard InChI is InChI=1S/C41H51FN14O5/c1-49-14-19-55(40(49)60)28-4-3-12-54(24-28)39-46-37(35(36(43)58)47-48-39)44-26-5-7-30(29(42)20-26)52-17-15-51(16-18-52)22-25-11-13-53(23-25)27-6-8-31-33(21-27)50(2)41(61)56(31)32-9-10-34(57)45-38(32)59/h5-8,20-21,25,28,32H,3-4,9-19,22-24H2,1-2H3,(H2,43,58)(H,44,46,48)(H,45,57,59). The van der Waals surface area contributed by atoms with Crippen molar-refractivity contribution in [3.63, 3.8) is 0 Å². The quantitative estimate of drug-likeness (QED) is 0.194. The number of imidazole rings is 1. The zero-order valence-electron chi connectivity index (χ0n) is 34.4. The minimum absolute atomic E-state index is 0.00138. The maximum absolute atomic E-state index is 15.8. The van der Waals surface area contributed by atoms with Crippen LogP contribution in [-0.4, -0.2) is 148 Å². The number of halogens is 1. The van der Waals surface area contributed by atoms with Crippen LogP contribution in [0.3, 0.4) is 0 Å². The largest absolute Gasteiger partial charge is 0.371 e. The van der Waals surface area contributed by atoms with Crippen LogP contribution in [0.1, 0.15) is 48.6 Å². The zero-order valence-corrected chi connectivity index (χ0v) is 34.4. The number of nitrogens with two attached hydrogens (primary N) is 1. The number of hydrogen-bond donors (Lipinski definition) is 3. The van der Waals surface area contributed by atoms with Crippen LogP contribution in [0.5, 0.6) is 0 Å². The number of urea groups is 1. The molecule has 2 aromatic carbocycles. The third kappa shape index (κ3) is 7.79. The Morgan fingerprint density at radius 2 is 1.69 bits per heavy atom. The van der Waals surface area contributed by atoms with E-state index in [4.69, 9.17) is 5.73 Å². The summed E-state index contributed by atoms with van der Waals surface area (Å²) in [5.74, 6) is -1.17. The van der Waals surface area contributed by atoms with Gasteiger partial charge in [-0.05, 0) is 68.0 Å². The van der Waals surface area contributed by atoms with E-state index in [1.165, 1.54) is 10.6 Å². The van der Waals surface area contributed by atoms with Gasteiger partial charge in [-0.2, -0.15) is 4.98 Å². The lowest BCUT2D eigenvalue weighted by molar-refractivity contribution is -0.135. The molecule has 4 N–H and O–H groups in total. The molecule has 19 nitrogen and oxygen atoms in total. The van der Waals surface area contributed by atoms with Crippen molar-refractivity contribution in [3.8, 4) is 0 Å². The Morgan fingerprint density at radius 1 is 0.869 bits per heavy atom. The van der Waals surface area contributed by atoms with Gasteiger partial charge in [-0.1, -0.05) is 0 Å². The summed E-state index contributed by atoms with van der Waals surface area (Å²) in [6.45, 7) is 8.11. The molecule has 0 radical (unpaired) electrons. The van der Waals surface area contributed by atoms with Crippen LogP contribution in [0.15, 0.2) is 41.2 Å². The highest BCUT2D eigenvalue weighted by Crippen LogP contribution is 2.32. The summed E-state index contributed by atoms with van der Waals surface area (Å²) in [6, 6.07) is 10.1. The predicted molar refractivity (Wildman–Crippen MR) is 226 cm³/mol. The number of carbonyl (C=O) groups excluding carboxylic acids is 4. The summed E-state index contributed by atoms with van der Waals surface area (Å²) >= 11 is 0. The molecular weight excluding hydrogens is 788 g/mol. The number of imide groups is 1. The average molecular weight is 839 g/mol. The highest BCUT2D eigenvalue weighted by molar-refractivity contribution is 6.00. The molecule has 4 aromatic rings. The summed E-state index contributed by atoms with van der Waals surface area (Å²) in [5.41, 5.74) is 8.50. The van der Waals surface area contributed by atoms with Gasteiger partial charge in [0, 0.05) is 104 Å². The second-order valence-corrected chi connectivity index (χ2v) is 16.8. The molecule has 5 aliphatic rings. The van der Waals surface area contributed by atoms with Gasteiger partial charge in [0.05, 0.1) is 22.8 Å². The average Bonchev–Trinajstić information content (AvgIpc) is 3.93. The summed E-state index contributed by atoms with van der Waals surface area (Å²) in [6.07, 6.45) is 3.21. The van der Waals surface area contributed by atoms with Gasteiger partial charge in [0.1, 0.15) is 11.9 Å². The van der Waals surface area contributed by atoms with Gasteiger partial charge in [0.25, 0.3) is 5.91 Å². The molecule has 2 aromatic heterocycles. The first-order valence-corrected chi connectivity index (χ1v) is 21.1. The molecule has 0 aliphatic carbocycles. The second-order valence-electron chi connectivity index (χ2n) is 16.8. The third-order valence-electron chi connectivity index (χ3n) is 13.0. The van der Waals surface area contributed by atoms with Crippen LogP contribution >= 0.6 is 0 Å². The van der Waals surface area contributed by atoms with Gasteiger partial charge >= 0.3 is 11.7 Å². The van der Waals surface area contributed by atoms with Gasteiger partial charge in [0.15, 0.2) is 11.5 Å². The molecule has 7 heterocycles. The maximum Gasteiger partial charge on any atom is 0.329 e. The fraction of sp³-hybridized carbons (Fsp3) is 0.512. The van der Waals surface area contributed by atoms with E-state index in [2.05, 4.69) is 35.6 Å². The Morgan fingerprint density at radius 3 is 2.43 bits per heavy atom. The molecule has 0 bridgehead atoms. The van der Waals surface area contributed by atoms with Crippen LogP contribution in [0, 0.1) is 11.7 Å². The summed E-state index contributed by atoms with van der Waals surface area (Å²) in [5, 5.41) is 13.7. The van der Waals surface area contributed by atoms with Gasteiger partial charge in [-0.3, -0.25) is 33.7 Å². The minimum Gasteiger partial charge on any atom is -0.371 e. The van der Waals surface area contributed by atoms with Crippen molar-refractivity contribution < 1.29 is 23.6 Å². The number of piperidine rings is 2. The molecule has 5 aliphatic heterocycles. The lowest BCUT2D eigenvalue weighted by atomic mass is 10.0. The minimum atomic E-state index is -0.814. The lowest BCUT2D eigenvalue weighted by Gasteiger charge is -2.37. The number of rotatable bonds is 10. The smallest absolute Gasteiger partial charge is 0.329 e. The maximum atomic E-state index is 15.8. The van der Waals surface area contributed by atoms with Crippen molar-refractivity contribution in [2.75, 3.05) is 99.1 Å². The summed E-state index contributed by atoms with van der Waals surface area (Å²) in [7, 11) is 3.50. The molecule has 20 heteroatoms. The van der Waals surface area contributed by atoms with Gasteiger partial charge < -0.3 is 35.6 Å². The third-order valence-corrected chi connectivity index (χ3v) is 13.0. The predicted octanol–water partition coefficient (Wildman–Crippen LogP) is 1.47. The van der Waals surface area contributed by atoms with Crippen molar-refractivity contribution in [1.82, 2.24) is 44.3 Å². The monoisotopic (exact) mass is 838 g/mol. The van der Waals surface area contributed by atoms with Crippen LogP contribution < -0.4 is 36.8 Å². The number of primary amides is 1. The normalized spacial score (nSPS) is 22.8. The van der Waals surface area contributed by atoms with Crippen LogP contribution in [-0.2, 0) is 16.6 Å². The Hall–Kier alpha value is -6.31. The lowest BCUT2D eigenvalue weighted by Crippen LogP contribution is -2.49. The van der Waals surface area contributed by atoms with Crippen LogP contribution in [0.4, 0.5) is 38.0 Å². The first-order chi connectivity index (χ1) is 29.4. The van der Waals surface area contributed by atoms with Crippen molar-refractivity contribution >= 4 is 63.6 Å². The van der Waals surface area contributed by atoms with E-state index in [9.17, 15) is 24.0 Å². The Balaban J connectivity index is 0.799. The molecule has 0 spiro atoms. The van der Waals surface area contributed by atoms with E-state index in [1.54, 1.807) is 35.7 Å². The van der Waals surface area contributed by atoms with Gasteiger partial charge in [-0.15, -0.1) is 10.2 Å². The van der Waals surface area contributed by atoms with Gasteiger partial charge in [0.2, 0.25) is 17.8 Å². The fourth-order valence-corrected chi connectivity index (χ4v) is 9.61. The first-order valence-electron chi connectivity index (χ1n) is 21.1. The topological polar surface area (TPSA) is 203 Å². The van der Waals surface area contributed by atoms with Crippen molar-refractivity contribution in [3.05, 3.63) is 58.4 Å². The first kappa shape index (κ1) is 40.1. The van der Waals surface area contributed by atoms with E-state index in [0.717, 1.165) is 63.2 Å². The second kappa shape index (κ2) is 16.3. The SMILES string of the molecule is CN1CCN(C2CCCN(c3nnc(C(N)=O)c(Nc4ccc(N5CCN(CC6CCN(c7ccc8c(c7)n(C)c(=O)n8C7CCC(=O)NC7=O)C6)CC5)c(F)c4)n3)C2)C1=O. The van der Waals surface area contributed by atoms with Gasteiger partial charge in [-0.25, -0.2) is 14.0 Å². The number of fused-ring (bicyclic) bond motifs is 1. The zero-order chi connectivity index (χ0) is 42.5. The highest BCUT2D eigenvalue weighted by atomic mass is 19.1. The number of amides is 5. The molecule has 5 fully saturated rings. The summed E-state index contributed by atoms with van der Waals surface area (Å²) in [4.78, 5) is 79.6. The molecule has 3 unspecified atom stereocenters. The fourth-order valence-electron chi connectivity index (χ4n) is 9.61. The molecular formula is C41H51FN14O5. The molecule has 3 atom stereocenters. The Labute approximate surface area is 351 Å². The van der Waals surface area contributed by atoms with Crippen molar-refractivity contribution in [2.45, 2.75) is 44.2 Å². The number of piperazine rings is 1. The number of nitrogens with zero attached hydrogens (tertiary/aromatic N) is 11. The Kier molecular flexibility index (Phi) is 10.7. The van der Waals surface area contributed by atoms with E-state index < -0.39 is 23.7 Å². The number of carbonyl (C=O) groups is 4. The summed E-state index contributed by atoms with van der Waals surface area (Å²) < 4.78 is 18.9.